The Labute approximate surface area is 149 Å². The SMILES string of the molecule is [CH2]CCCCCCCCCCC(=O)OC1CCCC([S])CCC1. The summed E-state index contributed by atoms with van der Waals surface area (Å²) in [4.78, 5) is 11.9. The minimum Gasteiger partial charge on any atom is -0.462 e. The van der Waals surface area contributed by atoms with Crippen LogP contribution in [-0.2, 0) is 9.53 Å². The van der Waals surface area contributed by atoms with Crippen LogP contribution in [0.25, 0.3) is 0 Å². The van der Waals surface area contributed by atoms with E-state index in [1.807, 2.05) is 0 Å². The fraction of sp³-hybridized carbons (Fsp3) is 0.900. The summed E-state index contributed by atoms with van der Waals surface area (Å²) in [6.45, 7) is 3.87. The standard InChI is InChI=1S/C20H36O2S/c1-2-3-4-5-6-7-8-9-10-17-20(21)22-18-13-11-15-19(23)16-12-14-18/h18-19H,1-17H2. The molecule has 0 aliphatic heterocycles. The highest BCUT2D eigenvalue weighted by Crippen LogP contribution is 2.23. The Morgan fingerprint density at radius 2 is 1.39 bits per heavy atom. The topological polar surface area (TPSA) is 26.3 Å². The summed E-state index contributed by atoms with van der Waals surface area (Å²) >= 11 is 5.37. The third-order valence-corrected chi connectivity index (χ3v) is 5.25. The number of hydrogen-bond acceptors (Lipinski definition) is 2. The van der Waals surface area contributed by atoms with Crippen LogP contribution in [-0.4, -0.2) is 17.3 Å². The lowest BCUT2D eigenvalue weighted by Gasteiger charge is -2.22. The van der Waals surface area contributed by atoms with Crippen molar-refractivity contribution >= 4 is 18.6 Å². The van der Waals surface area contributed by atoms with Crippen LogP contribution in [0.4, 0.5) is 0 Å². The maximum absolute atomic E-state index is 11.9. The van der Waals surface area contributed by atoms with Gasteiger partial charge in [0.2, 0.25) is 0 Å². The number of unbranched alkanes of at least 4 members (excludes halogenated alkanes) is 8. The van der Waals surface area contributed by atoms with E-state index < -0.39 is 0 Å². The van der Waals surface area contributed by atoms with Gasteiger partial charge in [0.1, 0.15) is 6.10 Å². The van der Waals surface area contributed by atoms with Gasteiger partial charge >= 0.3 is 5.97 Å². The second-order valence-corrected chi connectivity index (χ2v) is 7.69. The Morgan fingerprint density at radius 3 is 1.96 bits per heavy atom. The van der Waals surface area contributed by atoms with Crippen molar-refractivity contribution < 1.29 is 9.53 Å². The van der Waals surface area contributed by atoms with E-state index >= 15 is 0 Å². The fourth-order valence-electron chi connectivity index (χ4n) is 3.30. The molecule has 1 saturated carbocycles. The second kappa shape index (κ2) is 14.2. The normalized spacial score (nSPS) is 22.3. The van der Waals surface area contributed by atoms with Crippen LogP contribution in [0.2, 0.25) is 0 Å². The smallest absolute Gasteiger partial charge is 0.306 e. The molecule has 0 bridgehead atoms. The highest BCUT2D eigenvalue weighted by molar-refractivity contribution is 7.80. The second-order valence-electron chi connectivity index (χ2n) is 7.03. The summed E-state index contributed by atoms with van der Waals surface area (Å²) in [5.41, 5.74) is 0. The molecule has 0 atom stereocenters. The zero-order chi connectivity index (χ0) is 16.8. The molecule has 0 aromatic rings. The minimum absolute atomic E-state index is 0.0148. The van der Waals surface area contributed by atoms with Gasteiger partial charge in [-0.05, 0) is 44.9 Å². The van der Waals surface area contributed by atoms with Gasteiger partial charge in [0.15, 0.2) is 0 Å². The van der Waals surface area contributed by atoms with Gasteiger partial charge in [0.25, 0.3) is 0 Å². The van der Waals surface area contributed by atoms with Crippen molar-refractivity contribution in [2.24, 2.45) is 0 Å². The molecule has 0 amide bonds. The van der Waals surface area contributed by atoms with E-state index in [-0.39, 0.29) is 12.1 Å². The number of esters is 1. The number of carbonyl (C=O) groups is 1. The van der Waals surface area contributed by atoms with Crippen molar-refractivity contribution in [3.63, 3.8) is 0 Å². The molecular formula is C20H36O2S. The zero-order valence-electron chi connectivity index (χ0n) is 14.9. The first-order valence-corrected chi connectivity index (χ1v) is 10.3. The van der Waals surface area contributed by atoms with Crippen molar-refractivity contribution in [3.05, 3.63) is 6.92 Å². The van der Waals surface area contributed by atoms with Crippen LogP contribution in [0, 0.1) is 6.92 Å². The Morgan fingerprint density at radius 1 is 0.870 bits per heavy atom. The summed E-state index contributed by atoms with van der Waals surface area (Å²) in [5, 5.41) is 0.435. The van der Waals surface area contributed by atoms with Crippen LogP contribution in [0.5, 0.6) is 0 Å². The molecule has 1 fully saturated rings. The Hall–Kier alpha value is -0.180. The van der Waals surface area contributed by atoms with Gasteiger partial charge in [-0.2, -0.15) is 0 Å². The molecule has 0 unspecified atom stereocenters. The Bertz CT molecular complexity index is 283. The number of hydrogen-bond donors (Lipinski definition) is 0. The van der Waals surface area contributed by atoms with Crippen LogP contribution >= 0.6 is 12.6 Å². The van der Waals surface area contributed by atoms with Gasteiger partial charge in [-0.25, -0.2) is 0 Å². The molecule has 0 spiro atoms. The average Bonchev–Trinajstić information content (AvgIpc) is 2.51. The molecule has 0 saturated heterocycles. The lowest BCUT2D eigenvalue weighted by molar-refractivity contribution is -0.150. The predicted molar refractivity (Wildman–Crippen MR) is 100 cm³/mol. The van der Waals surface area contributed by atoms with Gasteiger partial charge in [-0.1, -0.05) is 70.9 Å². The first kappa shape index (κ1) is 20.9. The Balaban J connectivity index is 1.95. The molecule has 0 heterocycles. The molecule has 0 aromatic carbocycles. The van der Waals surface area contributed by atoms with Crippen LogP contribution < -0.4 is 0 Å². The van der Waals surface area contributed by atoms with Crippen molar-refractivity contribution in [1.82, 2.24) is 0 Å². The summed E-state index contributed by atoms with van der Waals surface area (Å²) in [6.07, 6.45) is 18.2. The lowest BCUT2D eigenvalue weighted by Crippen LogP contribution is -2.20. The summed E-state index contributed by atoms with van der Waals surface area (Å²) < 4.78 is 5.66. The first-order valence-electron chi connectivity index (χ1n) is 9.87. The quantitative estimate of drug-likeness (QED) is 0.315. The molecule has 3 heteroatoms. The van der Waals surface area contributed by atoms with E-state index in [2.05, 4.69) is 6.92 Å². The van der Waals surface area contributed by atoms with Gasteiger partial charge in [-0.15, -0.1) is 0 Å². The van der Waals surface area contributed by atoms with Crippen LogP contribution in [0.15, 0.2) is 0 Å². The summed E-state index contributed by atoms with van der Waals surface area (Å²) in [7, 11) is 0. The van der Waals surface area contributed by atoms with E-state index in [1.165, 1.54) is 38.5 Å². The molecule has 0 aromatic heterocycles. The van der Waals surface area contributed by atoms with E-state index in [1.54, 1.807) is 0 Å². The third kappa shape index (κ3) is 11.9. The highest BCUT2D eigenvalue weighted by atomic mass is 32.1. The van der Waals surface area contributed by atoms with Crippen molar-refractivity contribution in [3.8, 4) is 0 Å². The summed E-state index contributed by atoms with van der Waals surface area (Å²) in [6, 6.07) is 0. The first-order chi connectivity index (χ1) is 11.2. The minimum atomic E-state index is 0.0148. The molecule has 2 nitrogen and oxygen atoms in total. The van der Waals surface area contributed by atoms with E-state index in [0.29, 0.717) is 11.7 Å². The molecule has 2 radical (unpaired) electrons. The highest BCUT2D eigenvalue weighted by Gasteiger charge is 2.18. The van der Waals surface area contributed by atoms with Crippen molar-refractivity contribution in [1.29, 1.82) is 0 Å². The predicted octanol–water partition coefficient (Wildman–Crippen LogP) is 6.55. The van der Waals surface area contributed by atoms with Gasteiger partial charge in [-0.3, -0.25) is 4.79 Å². The van der Waals surface area contributed by atoms with Crippen molar-refractivity contribution in [2.45, 2.75) is 114 Å². The number of ether oxygens (including phenoxy) is 1. The molecule has 1 aliphatic rings. The monoisotopic (exact) mass is 340 g/mol. The van der Waals surface area contributed by atoms with E-state index in [9.17, 15) is 4.79 Å². The number of rotatable bonds is 11. The molecular weight excluding hydrogens is 304 g/mol. The molecule has 1 rings (SSSR count). The molecule has 0 N–H and O–H groups in total. The van der Waals surface area contributed by atoms with E-state index in [4.69, 9.17) is 17.4 Å². The summed E-state index contributed by atoms with van der Waals surface area (Å²) in [5.74, 6) is 0.0148. The van der Waals surface area contributed by atoms with Gasteiger partial charge in [0.05, 0.1) is 0 Å². The molecule has 1 aliphatic carbocycles. The van der Waals surface area contributed by atoms with Crippen LogP contribution in [0.3, 0.4) is 0 Å². The maximum atomic E-state index is 11.9. The third-order valence-electron chi connectivity index (χ3n) is 4.78. The lowest BCUT2D eigenvalue weighted by atomic mass is 9.98. The molecule has 23 heavy (non-hydrogen) atoms. The number of carbonyl (C=O) groups excluding carboxylic acids is 1. The molecule has 134 valence electrons. The average molecular weight is 341 g/mol. The van der Waals surface area contributed by atoms with E-state index in [0.717, 1.165) is 57.8 Å². The zero-order valence-corrected chi connectivity index (χ0v) is 15.7. The van der Waals surface area contributed by atoms with Crippen LogP contribution in [0.1, 0.15) is 103 Å². The Kier molecular flexibility index (Phi) is 12.9. The van der Waals surface area contributed by atoms with Crippen molar-refractivity contribution in [2.75, 3.05) is 0 Å². The van der Waals surface area contributed by atoms with Gasteiger partial charge < -0.3 is 4.74 Å². The maximum Gasteiger partial charge on any atom is 0.306 e. The van der Waals surface area contributed by atoms with Gasteiger partial charge in [0, 0.05) is 11.7 Å². The fourth-order valence-corrected chi connectivity index (χ4v) is 3.64. The largest absolute Gasteiger partial charge is 0.462 e.